The third kappa shape index (κ3) is 7.55. The Morgan fingerprint density at radius 2 is 1.37 bits per heavy atom. The Labute approximate surface area is 213 Å². The fourth-order valence-corrected chi connectivity index (χ4v) is 5.28. The first-order valence-electron chi connectivity index (χ1n) is 13.6. The van der Waals surface area contributed by atoms with E-state index >= 15 is 0 Å². The summed E-state index contributed by atoms with van der Waals surface area (Å²) in [5.74, 6) is 0. The molecule has 0 radical (unpaired) electrons. The molecule has 2 saturated heterocycles. The quantitative estimate of drug-likeness (QED) is 0.463. The largest absolute Gasteiger partial charge is 0.382 e. The minimum atomic E-state index is 0.0370. The fourth-order valence-electron chi connectivity index (χ4n) is 5.28. The van der Waals surface area contributed by atoms with Crippen LogP contribution >= 0.6 is 0 Å². The molecule has 0 atom stereocenters. The van der Waals surface area contributed by atoms with E-state index in [9.17, 15) is 0 Å². The predicted octanol–water partition coefficient (Wildman–Crippen LogP) is 6.36. The van der Waals surface area contributed by atoms with E-state index in [1.807, 2.05) is 0 Å². The Morgan fingerprint density at radius 3 is 2.03 bits per heavy atom. The lowest BCUT2D eigenvalue weighted by Crippen LogP contribution is -2.34. The molecule has 2 fully saturated rings. The summed E-state index contributed by atoms with van der Waals surface area (Å²) in [6.07, 6.45) is 5.39. The standard InChI is InChI=1S/C31H46N2O2/c1-30(2,3)26-18-23(17-24(19-26)22-32-27-9-13-34-14-10-27)21-31(4,5)25-7-6-8-29(20-25)33-28-11-15-35-16-12-28/h6-8,17-20,27-28,32-33H,9-16,21-22H2,1-5H3. The molecule has 0 unspecified atom stereocenters. The second-order valence-electron chi connectivity index (χ2n) is 12.2. The van der Waals surface area contributed by atoms with Gasteiger partial charge in [-0.2, -0.15) is 0 Å². The SMILES string of the molecule is CC(C)(C)c1cc(CNC2CCOCC2)cc(CC(C)(C)c2cccc(NC3CCOCC3)c2)c1. The van der Waals surface area contributed by atoms with Gasteiger partial charge in [-0.15, -0.1) is 0 Å². The number of hydrogen-bond acceptors (Lipinski definition) is 4. The maximum absolute atomic E-state index is 5.53. The van der Waals surface area contributed by atoms with Crippen molar-refractivity contribution in [2.75, 3.05) is 31.7 Å². The van der Waals surface area contributed by atoms with Gasteiger partial charge in [0, 0.05) is 50.7 Å². The zero-order chi connectivity index (χ0) is 24.9. The molecule has 192 valence electrons. The lowest BCUT2D eigenvalue weighted by Gasteiger charge is -2.29. The zero-order valence-corrected chi connectivity index (χ0v) is 22.6. The van der Waals surface area contributed by atoms with Crippen LogP contribution in [0.2, 0.25) is 0 Å². The molecule has 2 aliphatic rings. The average Bonchev–Trinajstić information content (AvgIpc) is 2.83. The van der Waals surface area contributed by atoms with Gasteiger partial charge in [0.15, 0.2) is 0 Å². The van der Waals surface area contributed by atoms with Gasteiger partial charge >= 0.3 is 0 Å². The molecule has 2 heterocycles. The highest BCUT2D eigenvalue weighted by atomic mass is 16.5. The van der Waals surface area contributed by atoms with E-state index in [2.05, 4.69) is 87.7 Å². The third-order valence-corrected chi connectivity index (χ3v) is 7.62. The van der Waals surface area contributed by atoms with Gasteiger partial charge < -0.3 is 20.1 Å². The number of nitrogens with one attached hydrogen (secondary N) is 2. The number of rotatable bonds is 8. The first-order valence-corrected chi connectivity index (χ1v) is 13.6. The lowest BCUT2D eigenvalue weighted by molar-refractivity contribution is 0.0776. The minimum Gasteiger partial charge on any atom is -0.382 e. The van der Waals surface area contributed by atoms with Crippen molar-refractivity contribution in [3.63, 3.8) is 0 Å². The zero-order valence-electron chi connectivity index (χ0n) is 22.6. The molecule has 2 N–H and O–H groups in total. The van der Waals surface area contributed by atoms with Crippen molar-refractivity contribution in [1.29, 1.82) is 0 Å². The van der Waals surface area contributed by atoms with Gasteiger partial charge in [-0.05, 0) is 77.3 Å². The van der Waals surface area contributed by atoms with Crippen LogP contribution in [0, 0.1) is 0 Å². The normalized spacial score (nSPS) is 18.5. The third-order valence-electron chi connectivity index (χ3n) is 7.62. The van der Waals surface area contributed by atoms with Crippen LogP contribution in [0.1, 0.15) is 82.6 Å². The first kappa shape index (κ1) is 26.2. The second-order valence-corrected chi connectivity index (χ2v) is 12.2. The molecule has 4 heteroatoms. The second kappa shape index (κ2) is 11.5. The molecule has 0 aliphatic carbocycles. The van der Waals surface area contributed by atoms with Gasteiger partial charge in [0.05, 0.1) is 0 Å². The van der Waals surface area contributed by atoms with Crippen LogP contribution < -0.4 is 10.6 Å². The summed E-state index contributed by atoms with van der Waals surface area (Å²) in [7, 11) is 0. The van der Waals surface area contributed by atoms with E-state index in [-0.39, 0.29) is 10.8 Å². The Morgan fingerprint density at radius 1 is 0.743 bits per heavy atom. The molecular weight excluding hydrogens is 432 g/mol. The average molecular weight is 479 g/mol. The Kier molecular flexibility index (Phi) is 8.57. The molecule has 2 aromatic rings. The molecule has 35 heavy (non-hydrogen) atoms. The summed E-state index contributed by atoms with van der Waals surface area (Å²) in [5.41, 5.74) is 7.02. The molecule has 4 rings (SSSR count). The molecule has 0 amide bonds. The van der Waals surface area contributed by atoms with E-state index in [0.717, 1.165) is 65.1 Å². The maximum Gasteiger partial charge on any atom is 0.0485 e. The lowest BCUT2D eigenvalue weighted by atomic mass is 9.77. The van der Waals surface area contributed by atoms with Gasteiger partial charge in [0.2, 0.25) is 0 Å². The highest BCUT2D eigenvalue weighted by Gasteiger charge is 2.24. The first-order chi connectivity index (χ1) is 16.7. The van der Waals surface area contributed by atoms with Crippen molar-refractivity contribution in [1.82, 2.24) is 5.32 Å². The van der Waals surface area contributed by atoms with E-state index < -0.39 is 0 Å². The summed E-state index contributed by atoms with van der Waals surface area (Å²) in [6.45, 7) is 16.1. The molecule has 4 nitrogen and oxygen atoms in total. The topological polar surface area (TPSA) is 42.5 Å². The van der Waals surface area contributed by atoms with Crippen LogP contribution in [0.25, 0.3) is 0 Å². The van der Waals surface area contributed by atoms with Gasteiger partial charge in [-0.3, -0.25) is 0 Å². The fraction of sp³-hybridized carbons (Fsp3) is 0.613. The summed E-state index contributed by atoms with van der Waals surface area (Å²) >= 11 is 0. The van der Waals surface area contributed by atoms with Crippen molar-refractivity contribution < 1.29 is 9.47 Å². The van der Waals surface area contributed by atoms with E-state index in [0.29, 0.717) is 12.1 Å². The van der Waals surface area contributed by atoms with Gasteiger partial charge in [0.1, 0.15) is 0 Å². The van der Waals surface area contributed by atoms with Crippen molar-refractivity contribution >= 4 is 5.69 Å². The summed E-state index contributed by atoms with van der Waals surface area (Å²) in [4.78, 5) is 0. The van der Waals surface area contributed by atoms with Crippen LogP contribution in [0.4, 0.5) is 5.69 Å². The summed E-state index contributed by atoms with van der Waals surface area (Å²) in [6, 6.07) is 17.4. The maximum atomic E-state index is 5.53. The number of benzene rings is 2. The van der Waals surface area contributed by atoms with Crippen LogP contribution in [0.15, 0.2) is 42.5 Å². The Hall–Kier alpha value is -1.88. The monoisotopic (exact) mass is 478 g/mol. The van der Waals surface area contributed by atoms with Crippen molar-refractivity contribution in [3.05, 3.63) is 64.7 Å². The Bertz CT molecular complexity index is 951. The van der Waals surface area contributed by atoms with Crippen molar-refractivity contribution in [2.45, 2.75) is 96.2 Å². The van der Waals surface area contributed by atoms with Crippen LogP contribution in [-0.4, -0.2) is 38.5 Å². The van der Waals surface area contributed by atoms with Gasteiger partial charge in [-0.1, -0.05) is 65.0 Å². The molecule has 0 aromatic heterocycles. The number of ether oxygens (including phenoxy) is 2. The van der Waals surface area contributed by atoms with Gasteiger partial charge in [-0.25, -0.2) is 0 Å². The molecule has 0 saturated carbocycles. The molecule has 2 aliphatic heterocycles. The smallest absolute Gasteiger partial charge is 0.0485 e. The highest BCUT2D eigenvalue weighted by Crippen LogP contribution is 2.32. The number of hydrogen-bond donors (Lipinski definition) is 2. The summed E-state index contributed by atoms with van der Waals surface area (Å²) in [5, 5.41) is 7.53. The van der Waals surface area contributed by atoms with Crippen molar-refractivity contribution in [3.8, 4) is 0 Å². The predicted molar refractivity (Wildman–Crippen MR) is 146 cm³/mol. The van der Waals surface area contributed by atoms with E-state index in [1.165, 1.54) is 27.9 Å². The Balaban J connectivity index is 1.50. The molecular formula is C31H46N2O2. The van der Waals surface area contributed by atoms with Crippen LogP contribution in [-0.2, 0) is 33.3 Å². The summed E-state index contributed by atoms with van der Waals surface area (Å²) < 4.78 is 11.1. The minimum absolute atomic E-state index is 0.0370. The number of anilines is 1. The molecule has 0 spiro atoms. The van der Waals surface area contributed by atoms with Gasteiger partial charge in [0.25, 0.3) is 0 Å². The van der Waals surface area contributed by atoms with E-state index in [1.54, 1.807) is 0 Å². The van der Waals surface area contributed by atoms with Crippen LogP contribution in [0.3, 0.4) is 0 Å². The molecule has 2 aromatic carbocycles. The van der Waals surface area contributed by atoms with Crippen molar-refractivity contribution in [2.24, 2.45) is 0 Å². The van der Waals surface area contributed by atoms with Crippen LogP contribution in [0.5, 0.6) is 0 Å². The highest BCUT2D eigenvalue weighted by molar-refractivity contribution is 5.49. The van der Waals surface area contributed by atoms with E-state index in [4.69, 9.17) is 9.47 Å². The molecule has 0 bridgehead atoms.